The van der Waals surface area contributed by atoms with Crippen molar-refractivity contribution in [1.29, 1.82) is 0 Å². The predicted octanol–water partition coefficient (Wildman–Crippen LogP) is 4.22. The summed E-state index contributed by atoms with van der Waals surface area (Å²) in [6.45, 7) is 0.278. The number of para-hydroxylation sites is 1. The lowest BCUT2D eigenvalue weighted by atomic mass is 9.94. The van der Waals surface area contributed by atoms with Gasteiger partial charge in [-0.15, -0.1) is 0 Å². The van der Waals surface area contributed by atoms with Crippen LogP contribution in [-0.2, 0) is 14.3 Å². The Morgan fingerprint density at radius 3 is 2.53 bits per heavy atom. The van der Waals surface area contributed by atoms with Gasteiger partial charge in [0.15, 0.2) is 0 Å². The topological polar surface area (TPSA) is 97.0 Å². The SMILES string of the molecule is CN1C(=O)c2cc(NC(=O)C3CCCC3)ccc2OC[C@H]2O[C@H](CC(=O)Nc3ccccc3)CC[C@H]21. The highest BCUT2D eigenvalue weighted by Gasteiger charge is 2.39. The Morgan fingerprint density at radius 1 is 0.972 bits per heavy atom. The molecule has 0 aromatic heterocycles. The third kappa shape index (κ3) is 5.38. The number of rotatable bonds is 5. The van der Waals surface area contributed by atoms with Crippen LogP contribution in [0.3, 0.4) is 0 Å². The summed E-state index contributed by atoms with van der Waals surface area (Å²) in [5, 5.41) is 5.88. The average Bonchev–Trinajstić information content (AvgIpc) is 3.42. The van der Waals surface area contributed by atoms with E-state index in [0.29, 0.717) is 29.8 Å². The number of fused-ring (bicyclic) bond motifs is 2. The summed E-state index contributed by atoms with van der Waals surface area (Å²) < 4.78 is 12.3. The van der Waals surface area contributed by atoms with E-state index in [1.807, 2.05) is 30.3 Å². The van der Waals surface area contributed by atoms with Crippen molar-refractivity contribution >= 4 is 29.1 Å². The molecule has 8 nitrogen and oxygen atoms in total. The first-order valence-electron chi connectivity index (χ1n) is 12.8. The van der Waals surface area contributed by atoms with Crippen LogP contribution in [0.2, 0.25) is 0 Å². The Bertz CT molecular complexity index is 1120. The number of nitrogens with one attached hydrogen (secondary N) is 2. The number of nitrogens with zero attached hydrogens (tertiary/aromatic N) is 1. The maximum Gasteiger partial charge on any atom is 0.257 e. The highest BCUT2D eigenvalue weighted by molar-refractivity contribution is 6.00. The van der Waals surface area contributed by atoms with Crippen LogP contribution in [0.15, 0.2) is 48.5 Å². The summed E-state index contributed by atoms with van der Waals surface area (Å²) in [5.41, 5.74) is 1.80. The summed E-state index contributed by atoms with van der Waals surface area (Å²) in [4.78, 5) is 40.2. The molecule has 190 valence electrons. The first kappa shape index (κ1) is 24.3. The predicted molar refractivity (Wildman–Crippen MR) is 136 cm³/mol. The Balaban J connectivity index is 1.24. The summed E-state index contributed by atoms with van der Waals surface area (Å²) in [5.74, 6) is 0.267. The Hall–Kier alpha value is -3.39. The molecule has 3 amide bonds. The van der Waals surface area contributed by atoms with E-state index in [1.54, 1.807) is 30.1 Å². The normalized spacial score (nSPS) is 24.1. The maximum atomic E-state index is 13.4. The van der Waals surface area contributed by atoms with Gasteiger partial charge in [0, 0.05) is 24.3 Å². The monoisotopic (exact) mass is 491 g/mol. The molecular formula is C28H33N3O5. The van der Waals surface area contributed by atoms with Crippen LogP contribution in [0.4, 0.5) is 11.4 Å². The molecule has 2 aliphatic heterocycles. The molecule has 1 saturated heterocycles. The molecule has 1 saturated carbocycles. The molecule has 2 fully saturated rings. The molecule has 0 spiro atoms. The van der Waals surface area contributed by atoms with Crippen molar-refractivity contribution in [2.24, 2.45) is 5.92 Å². The molecule has 2 aromatic rings. The molecule has 2 heterocycles. The van der Waals surface area contributed by atoms with Crippen LogP contribution in [0.1, 0.15) is 55.3 Å². The zero-order chi connectivity index (χ0) is 25.1. The van der Waals surface area contributed by atoms with Gasteiger partial charge in [0.2, 0.25) is 11.8 Å². The maximum absolute atomic E-state index is 13.4. The second-order valence-electron chi connectivity index (χ2n) is 9.97. The van der Waals surface area contributed by atoms with Gasteiger partial charge in [-0.2, -0.15) is 0 Å². The zero-order valence-corrected chi connectivity index (χ0v) is 20.6. The molecular weight excluding hydrogens is 458 g/mol. The van der Waals surface area contributed by atoms with Gasteiger partial charge in [0.1, 0.15) is 18.5 Å². The highest BCUT2D eigenvalue weighted by atomic mass is 16.5. The van der Waals surface area contributed by atoms with Gasteiger partial charge in [0.25, 0.3) is 5.91 Å². The lowest BCUT2D eigenvalue weighted by Crippen LogP contribution is -2.53. The number of carbonyl (C=O) groups is 3. The van der Waals surface area contributed by atoms with Crippen LogP contribution in [0.25, 0.3) is 0 Å². The van der Waals surface area contributed by atoms with E-state index in [0.717, 1.165) is 31.4 Å². The molecule has 3 atom stereocenters. The largest absolute Gasteiger partial charge is 0.490 e. The van der Waals surface area contributed by atoms with E-state index in [4.69, 9.17) is 9.47 Å². The van der Waals surface area contributed by atoms with Crippen LogP contribution in [0.5, 0.6) is 5.75 Å². The van der Waals surface area contributed by atoms with E-state index in [2.05, 4.69) is 10.6 Å². The van der Waals surface area contributed by atoms with Crippen molar-refractivity contribution < 1.29 is 23.9 Å². The van der Waals surface area contributed by atoms with Crippen molar-refractivity contribution in [3.8, 4) is 5.75 Å². The molecule has 3 aliphatic rings. The molecule has 2 N–H and O–H groups in total. The molecule has 0 radical (unpaired) electrons. The van der Waals surface area contributed by atoms with Crippen molar-refractivity contribution in [1.82, 2.24) is 4.90 Å². The molecule has 36 heavy (non-hydrogen) atoms. The van der Waals surface area contributed by atoms with Crippen LogP contribution < -0.4 is 15.4 Å². The fraction of sp³-hybridized carbons (Fsp3) is 0.464. The van der Waals surface area contributed by atoms with Gasteiger partial charge in [-0.05, 0) is 56.0 Å². The second kappa shape index (κ2) is 10.7. The van der Waals surface area contributed by atoms with Crippen molar-refractivity contribution in [3.05, 3.63) is 54.1 Å². The van der Waals surface area contributed by atoms with E-state index in [9.17, 15) is 14.4 Å². The standard InChI is InChI=1S/C28H33N3O5/c1-31-23-13-12-21(16-26(32)29-19-9-3-2-4-10-19)36-25(23)17-35-24-14-11-20(15-22(24)28(31)34)30-27(33)18-7-5-6-8-18/h2-4,9-11,14-15,18,21,23,25H,5-8,12-13,16-17H2,1H3,(H,29,32)(H,30,33)/t21-,23+,25+/m0/s1. The van der Waals surface area contributed by atoms with Gasteiger partial charge in [0.05, 0.1) is 24.1 Å². The van der Waals surface area contributed by atoms with Crippen molar-refractivity contribution in [3.63, 3.8) is 0 Å². The van der Waals surface area contributed by atoms with Gasteiger partial charge in [-0.1, -0.05) is 31.0 Å². The first-order valence-corrected chi connectivity index (χ1v) is 12.8. The average molecular weight is 492 g/mol. The minimum Gasteiger partial charge on any atom is -0.490 e. The number of ether oxygens (including phenoxy) is 2. The highest BCUT2D eigenvalue weighted by Crippen LogP contribution is 2.33. The number of benzene rings is 2. The second-order valence-corrected chi connectivity index (χ2v) is 9.97. The molecule has 0 bridgehead atoms. The van der Waals surface area contributed by atoms with Crippen LogP contribution in [-0.4, -0.2) is 54.5 Å². The minimum atomic E-state index is -0.336. The molecule has 8 heteroatoms. The summed E-state index contributed by atoms with van der Waals surface area (Å²) in [7, 11) is 1.78. The number of likely N-dealkylation sites (N-methyl/N-ethyl adjacent to an activating group) is 1. The first-order chi connectivity index (χ1) is 17.5. The quantitative estimate of drug-likeness (QED) is 0.653. The summed E-state index contributed by atoms with van der Waals surface area (Å²) >= 11 is 0. The fourth-order valence-electron chi connectivity index (χ4n) is 5.48. The fourth-order valence-corrected chi connectivity index (χ4v) is 5.48. The number of amides is 3. The van der Waals surface area contributed by atoms with Gasteiger partial charge < -0.3 is 25.0 Å². The number of carbonyl (C=O) groups excluding carboxylic acids is 3. The number of hydrogen-bond acceptors (Lipinski definition) is 5. The van der Waals surface area contributed by atoms with Crippen LogP contribution in [0, 0.1) is 5.92 Å². The van der Waals surface area contributed by atoms with E-state index in [1.165, 1.54) is 0 Å². The van der Waals surface area contributed by atoms with Crippen molar-refractivity contribution in [2.75, 3.05) is 24.3 Å². The molecule has 2 aromatic carbocycles. The lowest BCUT2D eigenvalue weighted by Gasteiger charge is -2.42. The Kier molecular flexibility index (Phi) is 7.23. The number of anilines is 2. The third-order valence-corrected chi connectivity index (χ3v) is 7.48. The lowest BCUT2D eigenvalue weighted by molar-refractivity contribution is -0.130. The van der Waals surface area contributed by atoms with E-state index >= 15 is 0 Å². The van der Waals surface area contributed by atoms with E-state index in [-0.39, 0.29) is 54.9 Å². The Labute approximate surface area is 211 Å². The molecule has 5 rings (SSSR count). The summed E-state index contributed by atoms with van der Waals surface area (Å²) in [6, 6.07) is 14.4. The molecule has 0 unspecified atom stereocenters. The minimum absolute atomic E-state index is 0.0168. The van der Waals surface area contributed by atoms with Crippen molar-refractivity contribution in [2.45, 2.75) is 63.2 Å². The van der Waals surface area contributed by atoms with Gasteiger partial charge in [-0.3, -0.25) is 14.4 Å². The van der Waals surface area contributed by atoms with E-state index < -0.39 is 0 Å². The zero-order valence-electron chi connectivity index (χ0n) is 20.6. The summed E-state index contributed by atoms with van der Waals surface area (Å²) in [6.07, 6.45) is 5.06. The van der Waals surface area contributed by atoms with Gasteiger partial charge >= 0.3 is 0 Å². The Morgan fingerprint density at radius 2 is 1.75 bits per heavy atom. The van der Waals surface area contributed by atoms with Crippen LogP contribution >= 0.6 is 0 Å². The number of hydrogen-bond donors (Lipinski definition) is 2. The third-order valence-electron chi connectivity index (χ3n) is 7.48. The molecule has 1 aliphatic carbocycles. The smallest absolute Gasteiger partial charge is 0.257 e. The van der Waals surface area contributed by atoms with Gasteiger partial charge in [-0.25, -0.2) is 0 Å².